The third-order valence-corrected chi connectivity index (χ3v) is 4.95. The Balaban J connectivity index is 1.85. The van der Waals surface area contributed by atoms with E-state index in [0.717, 1.165) is 33.5 Å². The fourth-order valence-electron chi connectivity index (χ4n) is 2.81. The first-order valence-corrected chi connectivity index (χ1v) is 9.90. The molecule has 0 unspecified atom stereocenters. The summed E-state index contributed by atoms with van der Waals surface area (Å²) in [6.07, 6.45) is 2.75. The number of nitrogens with one attached hydrogen (secondary N) is 2. The van der Waals surface area contributed by atoms with Crippen LogP contribution < -0.4 is 10.6 Å². The highest BCUT2D eigenvalue weighted by molar-refractivity contribution is 7.98. The number of nitrogens with zero attached hydrogens (tertiary/aromatic N) is 4. The molecule has 2 aromatic heterocycles. The minimum atomic E-state index is -0.275. The first-order valence-electron chi connectivity index (χ1n) is 8.67. The first kappa shape index (κ1) is 20.9. The van der Waals surface area contributed by atoms with Crippen molar-refractivity contribution in [2.75, 3.05) is 18.1 Å². The van der Waals surface area contributed by atoms with Gasteiger partial charge in [0.15, 0.2) is 5.16 Å². The summed E-state index contributed by atoms with van der Waals surface area (Å²) in [5, 5.41) is 10.4. The molecule has 0 aliphatic carbocycles. The first-order chi connectivity index (χ1) is 12.7. The minimum Gasteiger partial charge on any atom is -0.347 e. The van der Waals surface area contributed by atoms with Gasteiger partial charge in [-0.25, -0.2) is 9.97 Å². The van der Waals surface area contributed by atoms with Crippen molar-refractivity contribution in [3.63, 3.8) is 0 Å². The van der Waals surface area contributed by atoms with Crippen LogP contribution >= 0.6 is 11.8 Å². The predicted molar refractivity (Wildman–Crippen MR) is 106 cm³/mol. The normalized spacial score (nSPS) is 10.7. The quantitative estimate of drug-likeness (QED) is 0.553. The molecule has 0 aromatic carbocycles. The van der Waals surface area contributed by atoms with E-state index in [1.807, 2.05) is 41.0 Å². The number of anilines is 1. The second kappa shape index (κ2) is 8.98. The summed E-state index contributed by atoms with van der Waals surface area (Å²) in [6, 6.07) is 0. The summed E-state index contributed by atoms with van der Waals surface area (Å²) in [7, 11) is 1.82. The van der Waals surface area contributed by atoms with Crippen molar-refractivity contribution in [2.24, 2.45) is 7.05 Å². The molecule has 0 fully saturated rings. The van der Waals surface area contributed by atoms with Gasteiger partial charge in [0, 0.05) is 24.9 Å². The highest BCUT2D eigenvalue weighted by atomic mass is 32.2. The largest absolute Gasteiger partial charge is 0.347 e. The fourth-order valence-corrected chi connectivity index (χ4v) is 3.26. The van der Waals surface area contributed by atoms with Crippen LogP contribution in [-0.4, -0.2) is 44.4 Å². The van der Waals surface area contributed by atoms with Crippen molar-refractivity contribution in [2.45, 2.75) is 45.7 Å². The SMILES string of the molecule is CSc1nc(C)c(CCC(=O)NCC(=O)Nc2c(C)nn(C)c2C)c(C)n1. The Labute approximate surface area is 163 Å². The van der Waals surface area contributed by atoms with E-state index >= 15 is 0 Å². The zero-order chi connectivity index (χ0) is 20.1. The molecule has 2 amide bonds. The number of rotatable bonds is 7. The van der Waals surface area contributed by atoms with Gasteiger partial charge in [-0.2, -0.15) is 5.10 Å². The van der Waals surface area contributed by atoms with E-state index in [2.05, 4.69) is 25.7 Å². The third-order valence-electron chi connectivity index (χ3n) is 4.40. The lowest BCUT2D eigenvalue weighted by Crippen LogP contribution is -2.33. The maximum absolute atomic E-state index is 12.1. The zero-order valence-corrected chi connectivity index (χ0v) is 17.5. The summed E-state index contributed by atoms with van der Waals surface area (Å²) < 4.78 is 1.71. The van der Waals surface area contributed by atoms with Crippen molar-refractivity contribution in [1.82, 2.24) is 25.1 Å². The Bertz CT molecular complexity index is 839. The van der Waals surface area contributed by atoms with Crippen LogP contribution in [0.2, 0.25) is 0 Å². The molecule has 2 N–H and O–H groups in total. The van der Waals surface area contributed by atoms with Crippen LogP contribution in [0.15, 0.2) is 5.16 Å². The smallest absolute Gasteiger partial charge is 0.243 e. The standard InChI is InChI=1S/C18H26N6O2S/c1-10-14(11(2)21-18(20-10)27-6)7-8-15(25)19-9-16(26)22-17-12(3)23-24(5)13(17)4/h7-9H2,1-6H3,(H,19,25)(H,22,26). The summed E-state index contributed by atoms with van der Waals surface area (Å²) in [6.45, 7) is 7.48. The van der Waals surface area contributed by atoms with Gasteiger partial charge < -0.3 is 10.6 Å². The predicted octanol–water partition coefficient (Wildman–Crippen LogP) is 1.85. The summed E-state index contributed by atoms with van der Waals surface area (Å²) in [5.74, 6) is -0.458. The van der Waals surface area contributed by atoms with Crippen molar-refractivity contribution in [3.05, 3.63) is 28.3 Å². The van der Waals surface area contributed by atoms with Gasteiger partial charge in [-0.3, -0.25) is 14.3 Å². The maximum Gasteiger partial charge on any atom is 0.243 e. The van der Waals surface area contributed by atoms with E-state index in [1.165, 1.54) is 11.8 Å². The van der Waals surface area contributed by atoms with Crippen LogP contribution in [0.25, 0.3) is 0 Å². The van der Waals surface area contributed by atoms with Crippen LogP contribution in [0.4, 0.5) is 5.69 Å². The van der Waals surface area contributed by atoms with Crippen LogP contribution in [0.1, 0.15) is 34.8 Å². The number of thioether (sulfide) groups is 1. The lowest BCUT2D eigenvalue weighted by atomic mass is 10.1. The number of carbonyl (C=O) groups excluding carboxylic acids is 2. The van der Waals surface area contributed by atoms with Crippen LogP contribution in [0, 0.1) is 27.7 Å². The zero-order valence-electron chi connectivity index (χ0n) is 16.6. The Morgan fingerprint density at radius 1 is 1.04 bits per heavy atom. The van der Waals surface area contributed by atoms with E-state index in [1.54, 1.807) is 4.68 Å². The molecule has 8 nitrogen and oxygen atoms in total. The van der Waals surface area contributed by atoms with E-state index in [0.29, 0.717) is 12.1 Å². The van der Waals surface area contributed by atoms with Crippen LogP contribution in [0.5, 0.6) is 0 Å². The molecule has 2 heterocycles. The molecular formula is C18H26N6O2S. The third kappa shape index (κ3) is 5.29. The van der Waals surface area contributed by atoms with Gasteiger partial charge in [0.1, 0.15) is 0 Å². The lowest BCUT2D eigenvalue weighted by molar-refractivity contribution is -0.124. The summed E-state index contributed by atoms with van der Waals surface area (Å²) in [4.78, 5) is 33.0. The van der Waals surface area contributed by atoms with Gasteiger partial charge >= 0.3 is 0 Å². The number of hydrogen-bond acceptors (Lipinski definition) is 6. The highest BCUT2D eigenvalue weighted by Gasteiger charge is 2.14. The average molecular weight is 391 g/mol. The molecule has 27 heavy (non-hydrogen) atoms. The van der Waals surface area contributed by atoms with E-state index in [9.17, 15) is 9.59 Å². The molecule has 2 rings (SSSR count). The molecule has 0 saturated carbocycles. The highest BCUT2D eigenvalue weighted by Crippen LogP contribution is 2.18. The van der Waals surface area contributed by atoms with Crippen molar-refractivity contribution >= 4 is 29.3 Å². The monoisotopic (exact) mass is 390 g/mol. The molecule has 0 atom stereocenters. The van der Waals surface area contributed by atoms with Gasteiger partial charge in [-0.05, 0) is 45.9 Å². The topological polar surface area (TPSA) is 102 Å². The number of aromatic nitrogens is 4. The Morgan fingerprint density at radius 3 is 2.19 bits per heavy atom. The molecule has 2 aromatic rings. The molecule has 0 radical (unpaired) electrons. The summed E-state index contributed by atoms with van der Waals surface area (Å²) >= 11 is 1.49. The molecule has 0 aliphatic rings. The Morgan fingerprint density at radius 2 is 1.67 bits per heavy atom. The van der Waals surface area contributed by atoms with Crippen molar-refractivity contribution in [1.29, 1.82) is 0 Å². The molecule has 0 bridgehead atoms. The second-order valence-corrected chi connectivity index (χ2v) is 7.13. The van der Waals surface area contributed by atoms with E-state index in [4.69, 9.17) is 0 Å². The van der Waals surface area contributed by atoms with Crippen molar-refractivity contribution < 1.29 is 9.59 Å². The molecule has 9 heteroatoms. The maximum atomic E-state index is 12.1. The molecule has 0 spiro atoms. The number of aryl methyl sites for hydroxylation is 4. The number of amides is 2. The average Bonchev–Trinajstić information content (AvgIpc) is 2.85. The number of carbonyl (C=O) groups is 2. The van der Waals surface area contributed by atoms with Crippen LogP contribution in [-0.2, 0) is 23.1 Å². The Hall–Kier alpha value is -2.42. The minimum absolute atomic E-state index is 0.0769. The molecule has 146 valence electrons. The number of hydrogen-bond donors (Lipinski definition) is 2. The van der Waals surface area contributed by atoms with Crippen LogP contribution in [0.3, 0.4) is 0 Å². The lowest BCUT2D eigenvalue weighted by Gasteiger charge is -2.10. The molecular weight excluding hydrogens is 364 g/mol. The van der Waals surface area contributed by atoms with Gasteiger partial charge in [0.2, 0.25) is 11.8 Å². The van der Waals surface area contributed by atoms with Gasteiger partial charge in [0.05, 0.1) is 23.6 Å². The van der Waals surface area contributed by atoms with E-state index in [-0.39, 0.29) is 24.8 Å². The fraction of sp³-hybridized carbons (Fsp3) is 0.500. The molecule has 0 saturated heterocycles. The van der Waals surface area contributed by atoms with Gasteiger partial charge in [-0.15, -0.1) is 0 Å². The van der Waals surface area contributed by atoms with E-state index < -0.39 is 0 Å². The summed E-state index contributed by atoms with van der Waals surface area (Å²) in [5.41, 5.74) is 5.06. The van der Waals surface area contributed by atoms with Gasteiger partial charge in [0.25, 0.3) is 0 Å². The Kier molecular flexibility index (Phi) is 6.95. The second-order valence-electron chi connectivity index (χ2n) is 6.35. The van der Waals surface area contributed by atoms with Crippen molar-refractivity contribution in [3.8, 4) is 0 Å². The van der Waals surface area contributed by atoms with Gasteiger partial charge in [-0.1, -0.05) is 11.8 Å². The molecule has 0 aliphatic heterocycles.